The van der Waals surface area contributed by atoms with Crippen molar-refractivity contribution in [2.45, 2.75) is 26.8 Å². The van der Waals surface area contributed by atoms with E-state index >= 15 is 0 Å². The molecule has 0 saturated heterocycles. The summed E-state index contributed by atoms with van der Waals surface area (Å²) in [4.78, 5) is 26.0. The van der Waals surface area contributed by atoms with E-state index in [0.29, 0.717) is 24.7 Å². The highest BCUT2D eigenvalue weighted by Gasteiger charge is 2.14. The molecular formula is C22H24ClNO3. The Hall–Kier alpha value is -2.59. The summed E-state index contributed by atoms with van der Waals surface area (Å²) in [6, 6.07) is 15.2. The normalized spacial score (nSPS) is 10.8. The Labute approximate surface area is 165 Å². The predicted octanol–water partition coefficient (Wildman–Crippen LogP) is 4.64. The van der Waals surface area contributed by atoms with Crippen LogP contribution in [0, 0.1) is 6.92 Å². The standard InChI is InChI=1S/C22H24ClNO3/c1-3-27-22(26)14-15-24(16-19-6-4-17(2)5-7-19)21(25)13-10-18-8-11-20(23)12-9-18/h4-13H,3,14-16H2,1-2H3/b13-10+. The number of nitrogens with zero attached hydrogens (tertiary/aromatic N) is 1. The van der Waals surface area contributed by atoms with E-state index in [2.05, 4.69) is 0 Å². The fraction of sp³-hybridized carbons (Fsp3) is 0.273. The molecule has 0 aromatic heterocycles. The summed E-state index contributed by atoms with van der Waals surface area (Å²) >= 11 is 5.88. The van der Waals surface area contributed by atoms with Crippen molar-refractivity contribution in [3.05, 3.63) is 76.3 Å². The molecule has 0 bridgehead atoms. The first-order chi connectivity index (χ1) is 13.0. The number of hydrogen-bond donors (Lipinski definition) is 0. The van der Waals surface area contributed by atoms with Gasteiger partial charge in [0.15, 0.2) is 0 Å². The molecule has 142 valence electrons. The van der Waals surface area contributed by atoms with Crippen LogP contribution in [-0.4, -0.2) is 29.9 Å². The van der Waals surface area contributed by atoms with Gasteiger partial charge in [0.25, 0.3) is 0 Å². The quantitative estimate of drug-likeness (QED) is 0.491. The van der Waals surface area contributed by atoms with Crippen LogP contribution in [0.4, 0.5) is 0 Å². The molecule has 5 heteroatoms. The molecule has 0 spiro atoms. The SMILES string of the molecule is CCOC(=O)CCN(Cc1ccc(C)cc1)C(=O)/C=C/c1ccc(Cl)cc1. The van der Waals surface area contributed by atoms with E-state index < -0.39 is 0 Å². The highest BCUT2D eigenvalue weighted by molar-refractivity contribution is 6.30. The second kappa shape index (κ2) is 10.5. The zero-order chi connectivity index (χ0) is 19.6. The number of hydrogen-bond acceptors (Lipinski definition) is 3. The molecule has 4 nitrogen and oxygen atoms in total. The Morgan fingerprint density at radius 1 is 1.07 bits per heavy atom. The molecule has 27 heavy (non-hydrogen) atoms. The second-order valence-electron chi connectivity index (χ2n) is 6.19. The Balaban J connectivity index is 2.08. The highest BCUT2D eigenvalue weighted by atomic mass is 35.5. The summed E-state index contributed by atoms with van der Waals surface area (Å²) in [5, 5.41) is 0.647. The first kappa shape index (κ1) is 20.7. The van der Waals surface area contributed by atoms with Gasteiger partial charge in [-0.2, -0.15) is 0 Å². The number of halogens is 1. The topological polar surface area (TPSA) is 46.6 Å². The van der Waals surface area contributed by atoms with Crippen LogP contribution in [0.15, 0.2) is 54.6 Å². The average Bonchev–Trinajstić information content (AvgIpc) is 2.66. The van der Waals surface area contributed by atoms with Gasteiger partial charge in [-0.3, -0.25) is 9.59 Å². The molecule has 1 amide bonds. The third-order valence-electron chi connectivity index (χ3n) is 3.99. The fourth-order valence-electron chi connectivity index (χ4n) is 2.49. The lowest BCUT2D eigenvalue weighted by Gasteiger charge is -2.21. The molecule has 2 aromatic rings. The number of amides is 1. The van der Waals surface area contributed by atoms with E-state index in [1.807, 2.05) is 43.3 Å². The minimum Gasteiger partial charge on any atom is -0.466 e. The van der Waals surface area contributed by atoms with Gasteiger partial charge >= 0.3 is 5.97 Å². The van der Waals surface area contributed by atoms with E-state index in [0.717, 1.165) is 16.7 Å². The molecule has 2 rings (SSSR count). The molecule has 0 atom stereocenters. The molecule has 0 fully saturated rings. The van der Waals surface area contributed by atoms with Crippen LogP contribution in [0.2, 0.25) is 5.02 Å². The lowest BCUT2D eigenvalue weighted by atomic mass is 10.1. The van der Waals surface area contributed by atoms with Gasteiger partial charge in [-0.25, -0.2) is 0 Å². The van der Waals surface area contributed by atoms with Crippen LogP contribution in [-0.2, 0) is 20.9 Å². The zero-order valence-corrected chi connectivity index (χ0v) is 16.4. The number of carbonyl (C=O) groups excluding carboxylic acids is 2. The molecule has 0 aliphatic heterocycles. The smallest absolute Gasteiger partial charge is 0.307 e. The van der Waals surface area contributed by atoms with Crippen LogP contribution in [0.5, 0.6) is 0 Å². The molecule has 2 aromatic carbocycles. The van der Waals surface area contributed by atoms with Gasteiger partial charge in [0.05, 0.1) is 13.0 Å². The summed E-state index contributed by atoms with van der Waals surface area (Å²) in [7, 11) is 0. The number of carbonyl (C=O) groups is 2. The summed E-state index contributed by atoms with van der Waals surface area (Å²) in [6.07, 6.45) is 3.42. The molecule has 0 unspecified atom stereocenters. The van der Waals surface area contributed by atoms with Gasteiger partial charge in [-0.05, 0) is 43.2 Å². The summed E-state index contributed by atoms with van der Waals surface area (Å²) in [6.45, 7) is 4.85. The third-order valence-corrected chi connectivity index (χ3v) is 4.24. The first-order valence-electron chi connectivity index (χ1n) is 8.91. The van der Waals surface area contributed by atoms with E-state index in [9.17, 15) is 9.59 Å². The lowest BCUT2D eigenvalue weighted by molar-refractivity contribution is -0.143. The van der Waals surface area contributed by atoms with E-state index in [1.54, 1.807) is 30.0 Å². The van der Waals surface area contributed by atoms with Crippen molar-refractivity contribution in [1.82, 2.24) is 4.90 Å². The van der Waals surface area contributed by atoms with Crippen LogP contribution in [0.1, 0.15) is 30.0 Å². The second-order valence-corrected chi connectivity index (χ2v) is 6.62. The van der Waals surface area contributed by atoms with Crippen molar-refractivity contribution in [2.24, 2.45) is 0 Å². The number of ether oxygens (including phenoxy) is 1. The highest BCUT2D eigenvalue weighted by Crippen LogP contribution is 2.12. The number of aryl methyl sites for hydroxylation is 1. The molecule has 0 saturated carbocycles. The monoisotopic (exact) mass is 385 g/mol. The number of rotatable bonds is 8. The van der Waals surface area contributed by atoms with Crippen molar-refractivity contribution in [2.75, 3.05) is 13.2 Å². The van der Waals surface area contributed by atoms with E-state index in [4.69, 9.17) is 16.3 Å². The molecule has 0 aliphatic rings. The molecule has 0 aliphatic carbocycles. The van der Waals surface area contributed by atoms with Gasteiger partial charge in [-0.1, -0.05) is 53.6 Å². The van der Waals surface area contributed by atoms with Crippen molar-refractivity contribution in [3.63, 3.8) is 0 Å². The zero-order valence-electron chi connectivity index (χ0n) is 15.7. The predicted molar refractivity (Wildman–Crippen MR) is 108 cm³/mol. The summed E-state index contributed by atoms with van der Waals surface area (Å²) in [5.41, 5.74) is 3.05. The van der Waals surface area contributed by atoms with Crippen LogP contribution in [0.3, 0.4) is 0 Å². The number of benzene rings is 2. The maximum absolute atomic E-state index is 12.7. The van der Waals surface area contributed by atoms with Crippen LogP contribution >= 0.6 is 11.6 Å². The van der Waals surface area contributed by atoms with E-state index in [-0.39, 0.29) is 18.3 Å². The minimum atomic E-state index is -0.305. The minimum absolute atomic E-state index is 0.158. The van der Waals surface area contributed by atoms with E-state index in [1.165, 1.54) is 6.08 Å². The maximum Gasteiger partial charge on any atom is 0.307 e. The van der Waals surface area contributed by atoms with Crippen molar-refractivity contribution < 1.29 is 14.3 Å². The van der Waals surface area contributed by atoms with Crippen LogP contribution < -0.4 is 0 Å². The lowest BCUT2D eigenvalue weighted by Crippen LogP contribution is -2.31. The third kappa shape index (κ3) is 7.27. The Morgan fingerprint density at radius 2 is 1.74 bits per heavy atom. The summed E-state index contributed by atoms with van der Waals surface area (Å²) < 4.78 is 4.97. The summed E-state index contributed by atoms with van der Waals surface area (Å²) in [5.74, 6) is -0.462. The van der Waals surface area contributed by atoms with Gasteiger partial charge in [0.1, 0.15) is 0 Å². The maximum atomic E-state index is 12.7. The largest absolute Gasteiger partial charge is 0.466 e. The fourth-order valence-corrected chi connectivity index (χ4v) is 2.61. The van der Waals surface area contributed by atoms with Gasteiger partial charge in [-0.15, -0.1) is 0 Å². The van der Waals surface area contributed by atoms with Crippen LogP contribution in [0.25, 0.3) is 6.08 Å². The molecule has 0 radical (unpaired) electrons. The average molecular weight is 386 g/mol. The Bertz CT molecular complexity index is 782. The van der Waals surface area contributed by atoms with Crippen molar-refractivity contribution >= 4 is 29.6 Å². The molecule has 0 N–H and O–H groups in total. The number of esters is 1. The molecule has 0 heterocycles. The Morgan fingerprint density at radius 3 is 2.37 bits per heavy atom. The van der Waals surface area contributed by atoms with Gasteiger partial charge in [0.2, 0.25) is 5.91 Å². The Kier molecular flexibility index (Phi) is 8.08. The first-order valence-corrected chi connectivity index (χ1v) is 9.29. The van der Waals surface area contributed by atoms with Gasteiger partial charge < -0.3 is 9.64 Å². The molecular weight excluding hydrogens is 362 g/mol. The van der Waals surface area contributed by atoms with Crippen molar-refractivity contribution in [1.29, 1.82) is 0 Å². The van der Waals surface area contributed by atoms with Crippen molar-refractivity contribution in [3.8, 4) is 0 Å². The van der Waals surface area contributed by atoms with Gasteiger partial charge in [0, 0.05) is 24.2 Å².